The largest absolute Gasteiger partial charge is 0.497 e. The molecule has 3 rings (SSSR count). The second-order valence-electron chi connectivity index (χ2n) is 6.22. The van der Waals surface area contributed by atoms with Crippen molar-refractivity contribution in [2.45, 2.75) is 13.3 Å². The van der Waals surface area contributed by atoms with Gasteiger partial charge in [-0.05, 0) is 54.4 Å². The third-order valence-corrected chi connectivity index (χ3v) is 4.22. The van der Waals surface area contributed by atoms with Gasteiger partial charge in [0.25, 0.3) is 5.91 Å². The van der Waals surface area contributed by atoms with E-state index in [0.717, 1.165) is 23.6 Å². The predicted molar refractivity (Wildman–Crippen MR) is 113 cm³/mol. The van der Waals surface area contributed by atoms with Crippen LogP contribution < -0.4 is 20.1 Å². The monoisotopic (exact) mass is 392 g/mol. The van der Waals surface area contributed by atoms with Crippen LogP contribution in [0.4, 0.5) is 11.6 Å². The number of rotatable bonds is 9. The van der Waals surface area contributed by atoms with Gasteiger partial charge in [-0.15, -0.1) is 0 Å². The molecule has 7 heteroatoms. The minimum Gasteiger partial charge on any atom is -0.497 e. The zero-order valence-corrected chi connectivity index (χ0v) is 16.5. The number of carbonyl (C=O) groups is 1. The number of anilines is 2. The normalized spacial score (nSPS) is 10.3. The van der Waals surface area contributed by atoms with Gasteiger partial charge in [0.1, 0.15) is 23.8 Å². The Kier molecular flexibility index (Phi) is 7.00. The quantitative estimate of drug-likeness (QED) is 0.539. The van der Waals surface area contributed by atoms with Crippen molar-refractivity contribution in [2.75, 3.05) is 30.9 Å². The van der Waals surface area contributed by atoms with Crippen molar-refractivity contribution < 1.29 is 14.3 Å². The number of hydrogen-bond donors (Lipinski definition) is 2. The molecule has 0 aliphatic rings. The number of methoxy groups -OCH3 is 1. The van der Waals surface area contributed by atoms with E-state index in [0.29, 0.717) is 19.1 Å². The lowest BCUT2D eigenvalue weighted by Gasteiger charge is -2.09. The number of carbonyl (C=O) groups excluding carboxylic acids is 1. The number of aromatic nitrogens is 2. The summed E-state index contributed by atoms with van der Waals surface area (Å²) in [5.74, 6) is 1.61. The second kappa shape index (κ2) is 10.1. The van der Waals surface area contributed by atoms with E-state index >= 15 is 0 Å². The number of nitrogens with one attached hydrogen (secondary N) is 2. The van der Waals surface area contributed by atoms with Crippen LogP contribution in [0, 0.1) is 0 Å². The zero-order valence-electron chi connectivity index (χ0n) is 16.5. The standard InChI is InChI=1S/C22H24N4O3/c1-3-16-4-6-17(7-5-16)25-21(27)20-12-13-23-22(26-20)24-14-15-29-19-10-8-18(28-2)9-11-19/h4-13H,3,14-15H2,1-2H3,(H,25,27)(H,23,24,26). The van der Waals surface area contributed by atoms with Crippen LogP contribution in [-0.4, -0.2) is 36.1 Å². The SMILES string of the molecule is CCc1ccc(NC(=O)c2ccnc(NCCOc3ccc(OC)cc3)n2)cc1. The molecule has 0 aliphatic carbocycles. The number of nitrogens with zero attached hydrogens (tertiary/aromatic N) is 2. The molecular weight excluding hydrogens is 368 g/mol. The molecule has 0 atom stereocenters. The number of aryl methyl sites for hydroxylation is 1. The van der Waals surface area contributed by atoms with Gasteiger partial charge in [-0.2, -0.15) is 0 Å². The zero-order chi connectivity index (χ0) is 20.5. The van der Waals surface area contributed by atoms with Crippen LogP contribution in [0.1, 0.15) is 23.0 Å². The van der Waals surface area contributed by atoms with Gasteiger partial charge in [-0.25, -0.2) is 9.97 Å². The van der Waals surface area contributed by atoms with E-state index in [4.69, 9.17) is 9.47 Å². The lowest BCUT2D eigenvalue weighted by molar-refractivity contribution is 0.102. The number of amides is 1. The first-order chi connectivity index (χ1) is 14.2. The number of hydrogen-bond acceptors (Lipinski definition) is 6. The first-order valence-corrected chi connectivity index (χ1v) is 9.42. The Hall–Kier alpha value is -3.61. The molecule has 7 nitrogen and oxygen atoms in total. The lowest BCUT2D eigenvalue weighted by Crippen LogP contribution is -2.17. The number of benzene rings is 2. The molecule has 3 aromatic rings. The van der Waals surface area contributed by atoms with Gasteiger partial charge < -0.3 is 20.1 Å². The average molecular weight is 392 g/mol. The third-order valence-electron chi connectivity index (χ3n) is 4.22. The highest BCUT2D eigenvalue weighted by molar-refractivity contribution is 6.02. The third kappa shape index (κ3) is 5.93. The van der Waals surface area contributed by atoms with Crippen LogP contribution >= 0.6 is 0 Å². The summed E-state index contributed by atoms with van der Waals surface area (Å²) in [7, 11) is 1.62. The molecule has 0 bridgehead atoms. The van der Waals surface area contributed by atoms with Crippen molar-refractivity contribution in [2.24, 2.45) is 0 Å². The minimum absolute atomic E-state index is 0.283. The molecule has 1 heterocycles. The van der Waals surface area contributed by atoms with Crippen LogP contribution in [0.25, 0.3) is 0 Å². The number of ether oxygens (including phenoxy) is 2. The summed E-state index contributed by atoms with van der Waals surface area (Å²) in [6.45, 7) is 3.01. The summed E-state index contributed by atoms with van der Waals surface area (Å²) >= 11 is 0. The molecule has 150 valence electrons. The van der Waals surface area contributed by atoms with Gasteiger partial charge in [0.05, 0.1) is 13.7 Å². The second-order valence-corrected chi connectivity index (χ2v) is 6.22. The maximum Gasteiger partial charge on any atom is 0.274 e. The first kappa shape index (κ1) is 20.1. The Morgan fingerprint density at radius 2 is 1.72 bits per heavy atom. The molecule has 2 N–H and O–H groups in total. The van der Waals surface area contributed by atoms with Gasteiger partial charge in [-0.1, -0.05) is 19.1 Å². The first-order valence-electron chi connectivity index (χ1n) is 9.42. The van der Waals surface area contributed by atoms with Crippen LogP contribution in [0.3, 0.4) is 0 Å². The fourth-order valence-corrected chi connectivity index (χ4v) is 2.59. The van der Waals surface area contributed by atoms with Crippen molar-refractivity contribution in [1.82, 2.24) is 9.97 Å². The van der Waals surface area contributed by atoms with Gasteiger partial charge >= 0.3 is 0 Å². The van der Waals surface area contributed by atoms with Gasteiger partial charge in [0.15, 0.2) is 0 Å². The molecule has 1 amide bonds. The van der Waals surface area contributed by atoms with Gasteiger partial charge in [-0.3, -0.25) is 4.79 Å². The fourth-order valence-electron chi connectivity index (χ4n) is 2.59. The van der Waals surface area contributed by atoms with Gasteiger partial charge in [0.2, 0.25) is 5.95 Å². The van der Waals surface area contributed by atoms with Crippen LogP contribution in [0.2, 0.25) is 0 Å². The summed E-state index contributed by atoms with van der Waals surface area (Å²) < 4.78 is 10.8. The summed E-state index contributed by atoms with van der Waals surface area (Å²) in [6, 6.07) is 16.7. The van der Waals surface area contributed by atoms with Crippen molar-refractivity contribution in [3.63, 3.8) is 0 Å². The Morgan fingerprint density at radius 3 is 2.41 bits per heavy atom. The van der Waals surface area contributed by atoms with Crippen molar-refractivity contribution >= 4 is 17.5 Å². The molecule has 29 heavy (non-hydrogen) atoms. The molecule has 0 fully saturated rings. The van der Waals surface area contributed by atoms with Gasteiger partial charge in [0, 0.05) is 11.9 Å². The summed E-state index contributed by atoms with van der Waals surface area (Å²) in [5.41, 5.74) is 2.24. The average Bonchev–Trinajstić information content (AvgIpc) is 2.78. The van der Waals surface area contributed by atoms with Crippen LogP contribution in [0.5, 0.6) is 11.5 Å². The van der Waals surface area contributed by atoms with Crippen molar-refractivity contribution in [3.8, 4) is 11.5 Å². The van der Waals surface area contributed by atoms with E-state index < -0.39 is 0 Å². The molecule has 1 aromatic heterocycles. The maximum absolute atomic E-state index is 12.4. The summed E-state index contributed by atoms with van der Waals surface area (Å²) in [5, 5.41) is 5.90. The van der Waals surface area contributed by atoms with E-state index in [9.17, 15) is 4.79 Å². The van der Waals surface area contributed by atoms with E-state index in [1.165, 1.54) is 5.56 Å². The highest BCUT2D eigenvalue weighted by Gasteiger charge is 2.09. The Bertz CT molecular complexity index is 928. The predicted octanol–water partition coefficient (Wildman–Crippen LogP) is 3.79. The van der Waals surface area contributed by atoms with E-state index in [-0.39, 0.29) is 11.6 Å². The molecule has 0 saturated carbocycles. The van der Waals surface area contributed by atoms with Crippen molar-refractivity contribution in [3.05, 3.63) is 72.1 Å². The van der Waals surface area contributed by atoms with E-state index in [1.807, 2.05) is 48.5 Å². The van der Waals surface area contributed by atoms with E-state index in [1.54, 1.807) is 19.4 Å². The van der Waals surface area contributed by atoms with Crippen LogP contribution in [-0.2, 0) is 6.42 Å². The van der Waals surface area contributed by atoms with Crippen LogP contribution in [0.15, 0.2) is 60.8 Å². The Labute approximate surface area is 170 Å². The molecule has 2 aromatic carbocycles. The van der Waals surface area contributed by atoms with E-state index in [2.05, 4.69) is 27.5 Å². The fraction of sp³-hybridized carbons (Fsp3) is 0.227. The highest BCUT2D eigenvalue weighted by atomic mass is 16.5. The highest BCUT2D eigenvalue weighted by Crippen LogP contribution is 2.17. The molecule has 0 spiro atoms. The minimum atomic E-state index is -0.283. The Morgan fingerprint density at radius 1 is 1.00 bits per heavy atom. The smallest absolute Gasteiger partial charge is 0.274 e. The topological polar surface area (TPSA) is 85.4 Å². The molecule has 0 radical (unpaired) electrons. The lowest BCUT2D eigenvalue weighted by atomic mass is 10.1. The molecule has 0 unspecified atom stereocenters. The molecule has 0 aliphatic heterocycles. The molecule has 0 saturated heterocycles. The van der Waals surface area contributed by atoms with Crippen molar-refractivity contribution in [1.29, 1.82) is 0 Å². The summed E-state index contributed by atoms with van der Waals surface area (Å²) in [4.78, 5) is 20.8. The maximum atomic E-state index is 12.4. The Balaban J connectivity index is 1.49. The summed E-state index contributed by atoms with van der Waals surface area (Å²) in [6.07, 6.45) is 2.51. The molecular formula is C22H24N4O3.